The van der Waals surface area contributed by atoms with E-state index in [4.69, 9.17) is 11.6 Å². The molecule has 0 fully saturated rings. The molecular weight excluding hydrogens is 101 g/mol. The van der Waals surface area contributed by atoms with Crippen molar-refractivity contribution in [2.24, 2.45) is 5.16 Å². The van der Waals surface area contributed by atoms with Gasteiger partial charge in [-0.05, 0) is 0 Å². The lowest BCUT2D eigenvalue weighted by molar-refractivity contribution is 0.303. The predicted molar refractivity (Wildman–Crippen MR) is 24.3 cm³/mol. The van der Waals surface area contributed by atoms with Gasteiger partial charge in [0.1, 0.15) is 11.8 Å². The largest absolute Gasteiger partial charge is 0.303 e. The molecule has 0 aromatic carbocycles. The van der Waals surface area contributed by atoms with Crippen LogP contribution in [0.25, 0.3) is 0 Å². The lowest BCUT2D eigenvalue weighted by Gasteiger charge is -1.71. The summed E-state index contributed by atoms with van der Waals surface area (Å²) < 4.78 is 0. The molecule has 0 spiro atoms. The highest BCUT2D eigenvalue weighted by atomic mass is 35.5. The Hall–Kier alpha value is -0.680. The van der Waals surface area contributed by atoms with Crippen LogP contribution < -0.4 is 0 Å². The molecule has 0 N–H and O–H groups in total. The molecule has 0 aromatic heterocycles. The smallest absolute Gasteiger partial charge is 0.145 e. The summed E-state index contributed by atoms with van der Waals surface area (Å²) in [6.45, 7) is 0. The quantitative estimate of drug-likeness (QED) is 0.273. The molecule has 0 bridgehead atoms. The molecule has 32 valence electrons. The van der Waals surface area contributed by atoms with E-state index in [9.17, 15) is 0 Å². The number of rotatable bonds is 1. The molecule has 6 heavy (non-hydrogen) atoms. The molecule has 0 aliphatic heterocycles. The van der Waals surface area contributed by atoms with Crippen molar-refractivity contribution in [1.82, 2.24) is 0 Å². The molecule has 0 saturated heterocycles. The van der Waals surface area contributed by atoms with Crippen LogP contribution in [0, 0.1) is 12.5 Å². The number of nitrogens with zero attached hydrogens (tertiary/aromatic N) is 1. The number of hydrogen-bond donors (Lipinski definition) is 0. The van der Waals surface area contributed by atoms with Crippen LogP contribution in [0.1, 0.15) is 0 Å². The van der Waals surface area contributed by atoms with Crippen molar-refractivity contribution in [3.8, 4) is 12.5 Å². The molecule has 0 unspecified atom stereocenters. The van der Waals surface area contributed by atoms with Crippen LogP contribution in [-0.2, 0) is 4.84 Å². The first-order valence-electron chi connectivity index (χ1n) is 1.15. The van der Waals surface area contributed by atoms with Gasteiger partial charge in [0.2, 0.25) is 0 Å². The van der Waals surface area contributed by atoms with E-state index in [0.717, 1.165) is 5.67 Å². The van der Waals surface area contributed by atoms with Gasteiger partial charge in [0.05, 0.1) is 0 Å². The first kappa shape index (κ1) is 5.32. The summed E-state index contributed by atoms with van der Waals surface area (Å²) in [4.78, 5) is 3.95. The number of hydrogen-bond acceptors (Lipinski definition) is 2. The molecule has 2 nitrogen and oxygen atoms in total. The van der Waals surface area contributed by atoms with Gasteiger partial charge >= 0.3 is 0 Å². The second kappa shape index (κ2) is 4.32. The van der Waals surface area contributed by atoms with Crippen molar-refractivity contribution >= 4 is 17.3 Å². The topological polar surface area (TPSA) is 21.6 Å². The molecule has 0 rings (SSSR count). The van der Waals surface area contributed by atoms with Crippen molar-refractivity contribution < 1.29 is 4.84 Å². The fourth-order valence-corrected chi connectivity index (χ4v) is 0.0902. The van der Waals surface area contributed by atoms with Gasteiger partial charge in [-0.15, -0.1) is 0 Å². The monoisotopic (exact) mass is 103 g/mol. The maximum absolute atomic E-state index is 4.87. The van der Waals surface area contributed by atoms with Crippen LogP contribution in [0.3, 0.4) is 0 Å². The molecule has 0 aliphatic rings. The highest BCUT2D eigenvalue weighted by molar-refractivity contribution is 6.56. The zero-order chi connectivity index (χ0) is 4.83. The minimum Gasteiger partial charge on any atom is -0.303 e. The Balaban J connectivity index is 2.92. The lowest BCUT2D eigenvalue weighted by Crippen LogP contribution is -1.60. The molecule has 0 aliphatic carbocycles. The summed E-state index contributed by atoms with van der Waals surface area (Å²) in [5, 5.41) is 2.99. The van der Waals surface area contributed by atoms with E-state index in [2.05, 4.69) is 16.4 Å². The molecule has 0 heterocycles. The van der Waals surface area contributed by atoms with Gasteiger partial charge in [-0.3, -0.25) is 0 Å². The van der Waals surface area contributed by atoms with Crippen LogP contribution in [0.2, 0.25) is 0 Å². The minimum atomic E-state index is 0.944. The van der Waals surface area contributed by atoms with E-state index in [1.54, 1.807) is 6.11 Å². The second-order valence-electron chi connectivity index (χ2n) is 0.412. The Morgan fingerprint density at radius 1 is 2.00 bits per heavy atom. The maximum Gasteiger partial charge on any atom is 0.145 e. The van der Waals surface area contributed by atoms with Crippen LogP contribution in [0.15, 0.2) is 5.16 Å². The van der Waals surface area contributed by atoms with E-state index in [1.807, 2.05) is 0 Å². The highest BCUT2D eigenvalue weighted by Crippen LogP contribution is 1.67. The van der Waals surface area contributed by atoms with Gasteiger partial charge in [0.15, 0.2) is 0 Å². The van der Waals surface area contributed by atoms with Crippen molar-refractivity contribution in [2.45, 2.75) is 0 Å². The zero-order valence-electron chi connectivity index (χ0n) is 2.89. The van der Waals surface area contributed by atoms with Gasteiger partial charge < -0.3 is 4.84 Å². The molecule has 3 heteroatoms. The Bertz CT molecular complexity index is 83.3. The molecular formula is C3H2ClNO. The summed E-state index contributed by atoms with van der Waals surface area (Å²) in [5.41, 5.74) is 0.944. The van der Waals surface area contributed by atoms with E-state index < -0.39 is 0 Å². The second-order valence-corrected chi connectivity index (χ2v) is 0.607. The lowest BCUT2D eigenvalue weighted by atomic mass is 11.3. The van der Waals surface area contributed by atoms with Crippen molar-refractivity contribution in [2.75, 3.05) is 0 Å². The van der Waals surface area contributed by atoms with Crippen LogP contribution in [0.5, 0.6) is 0 Å². The fourth-order valence-electron chi connectivity index (χ4n) is 0.0503. The minimum absolute atomic E-state index is 0.944. The van der Waals surface area contributed by atoms with Gasteiger partial charge in [-0.2, -0.15) is 0 Å². The van der Waals surface area contributed by atoms with Gasteiger partial charge in [-0.1, -0.05) is 23.2 Å². The van der Waals surface area contributed by atoms with Crippen LogP contribution in [-0.4, -0.2) is 5.67 Å². The molecule has 0 aromatic rings. The Kier molecular flexibility index (Phi) is 3.83. The molecule has 0 radical (unpaired) electrons. The summed E-state index contributed by atoms with van der Waals surface area (Å²) in [7, 11) is 0. The van der Waals surface area contributed by atoms with Crippen LogP contribution in [0.4, 0.5) is 0 Å². The molecule has 0 amide bonds. The fraction of sp³-hybridized carbons (Fsp3) is 0. The summed E-state index contributed by atoms with van der Waals surface area (Å²) in [6, 6.07) is 0. The van der Waals surface area contributed by atoms with E-state index in [-0.39, 0.29) is 0 Å². The molecule has 0 saturated carbocycles. The summed E-state index contributed by atoms with van der Waals surface area (Å²) in [5.74, 6) is 0. The first-order valence-corrected chi connectivity index (χ1v) is 1.59. The number of oxime groups is 1. The van der Waals surface area contributed by atoms with E-state index in [0.29, 0.717) is 0 Å². The number of terminal acetylenes is 1. The normalized spacial score (nSPS) is 8.00. The standard InChI is InChI=1S/C3H2ClNO/c1-2-6-5-3-4/h1,3H. The van der Waals surface area contributed by atoms with Crippen LogP contribution >= 0.6 is 11.6 Å². The van der Waals surface area contributed by atoms with E-state index >= 15 is 0 Å². The maximum atomic E-state index is 4.87. The van der Waals surface area contributed by atoms with Crippen molar-refractivity contribution in [1.29, 1.82) is 0 Å². The van der Waals surface area contributed by atoms with Gasteiger partial charge in [0.25, 0.3) is 0 Å². The Morgan fingerprint density at radius 3 is 2.83 bits per heavy atom. The predicted octanol–water partition coefficient (Wildman–Crippen LogP) is 0.776. The third kappa shape index (κ3) is 3.32. The highest BCUT2D eigenvalue weighted by Gasteiger charge is 1.55. The average Bonchev–Trinajstić information content (AvgIpc) is 1.61. The van der Waals surface area contributed by atoms with Gasteiger partial charge in [0, 0.05) is 0 Å². The first-order chi connectivity index (χ1) is 2.91. The zero-order valence-corrected chi connectivity index (χ0v) is 3.64. The Morgan fingerprint density at radius 2 is 2.67 bits per heavy atom. The SMILES string of the molecule is C#CON=CCl. The Labute approximate surface area is 40.7 Å². The third-order valence-corrected chi connectivity index (χ3v) is 0.225. The third-order valence-electron chi connectivity index (χ3n) is 0.145. The van der Waals surface area contributed by atoms with Crippen molar-refractivity contribution in [3.05, 3.63) is 0 Å². The summed E-state index contributed by atoms with van der Waals surface area (Å²) >= 11 is 4.87. The summed E-state index contributed by atoms with van der Waals surface area (Å²) in [6.07, 6.45) is 6.36. The molecule has 0 atom stereocenters. The van der Waals surface area contributed by atoms with Gasteiger partial charge in [-0.25, -0.2) is 0 Å². The number of halogens is 1. The van der Waals surface area contributed by atoms with Crippen molar-refractivity contribution in [3.63, 3.8) is 0 Å². The van der Waals surface area contributed by atoms with E-state index in [1.165, 1.54) is 0 Å². The average molecular weight is 104 g/mol.